The van der Waals surface area contributed by atoms with Crippen LogP contribution in [0.15, 0.2) is 18.3 Å². The van der Waals surface area contributed by atoms with E-state index in [0.29, 0.717) is 15.7 Å². The molecule has 0 saturated carbocycles. The Kier molecular flexibility index (Phi) is 2.20. The molecule has 2 heterocycles. The van der Waals surface area contributed by atoms with Gasteiger partial charge in [0.05, 0.1) is 0 Å². The third kappa shape index (κ3) is 1.81. The van der Waals surface area contributed by atoms with E-state index >= 15 is 0 Å². The molecule has 0 aliphatic carbocycles. The maximum absolute atomic E-state index is 12.5. The largest absolute Gasteiger partial charge is 0.289 e. The van der Waals surface area contributed by atoms with Gasteiger partial charge >= 0.3 is 0 Å². The fourth-order valence-electron chi connectivity index (χ4n) is 0.824. The van der Waals surface area contributed by atoms with E-state index in [-0.39, 0.29) is 0 Å². The van der Waals surface area contributed by atoms with Gasteiger partial charge in [0.2, 0.25) is 0 Å². The molecule has 0 aromatic carbocycles. The van der Waals surface area contributed by atoms with Crippen LogP contribution in [0.5, 0.6) is 0 Å². The number of aromatic nitrogens is 3. The SMILES string of the molecule is Fc1nnc(-c2ccc(Cl)nc2)s1. The molecule has 2 aromatic heterocycles. The van der Waals surface area contributed by atoms with Crippen LogP contribution in [0.1, 0.15) is 0 Å². The van der Waals surface area contributed by atoms with E-state index in [1.165, 1.54) is 6.20 Å². The van der Waals surface area contributed by atoms with Crippen molar-refractivity contribution in [3.8, 4) is 10.6 Å². The molecule has 0 radical (unpaired) electrons. The van der Waals surface area contributed by atoms with E-state index in [4.69, 9.17) is 11.6 Å². The van der Waals surface area contributed by atoms with Gasteiger partial charge < -0.3 is 0 Å². The molecule has 0 aliphatic heterocycles. The van der Waals surface area contributed by atoms with E-state index in [9.17, 15) is 4.39 Å². The van der Waals surface area contributed by atoms with Crippen LogP contribution in [-0.4, -0.2) is 15.2 Å². The molecule has 0 atom stereocenters. The van der Waals surface area contributed by atoms with E-state index in [1.54, 1.807) is 12.1 Å². The first-order valence-electron chi connectivity index (χ1n) is 3.36. The first kappa shape index (κ1) is 8.52. The molecule has 0 spiro atoms. The van der Waals surface area contributed by atoms with Gasteiger partial charge in [-0.15, -0.1) is 10.2 Å². The van der Waals surface area contributed by atoms with Gasteiger partial charge in [0.25, 0.3) is 5.26 Å². The number of hydrogen-bond donors (Lipinski definition) is 0. The Hall–Kier alpha value is -1.07. The number of pyridine rings is 1. The fourth-order valence-corrected chi connectivity index (χ4v) is 1.50. The number of rotatable bonds is 1. The number of halogens is 2. The highest BCUT2D eigenvalue weighted by atomic mass is 35.5. The minimum absolute atomic E-state index is 0.397. The number of nitrogens with zero attached hydrogens (tertiary/aromatic N) is 3. The topological polar surface area (TPSA) is 38.7 Å². The Bertz CT molecular complexity index is 414. The Balaban J connectivity index is 2.41. The monoisotopic (exact) mass is 215 g/mol. The minimum atomic E-state index is -0.551. The van der Waals surface area contributed by atoms with Crippen LogP contribution in [0.2, 0.25) is 5.15 Å². The van der Waals surface area contributed by atoms with Crippen LogP contribution < -0.4 is 0 Å². The van der Waals surface area contributed by atoms with Gasteiger partial charge in [-0.25, -0.2) is 4.98 Å². The lowest BCUT2D eigenvalue weighted by Gasteiger charge is -1.92. The molecule has 2 rings (SSSR count). The molecular formula is C7H3ClFN3S. The molecule has 0 aliphatic rings. The average Bonchev–Trinajstić information content (AvgIpc) is 2.53. The van der Waals surface area contributed by atoms with Gasteiger partial charge in [-0.05, 0) is 12.1 Å². The van der Waals surface area contributed by atoms with Crippen molar-refractivity contribution in [3.05, 3.63) is 28.7 Å². The van der Waals surface area contributed by atoms with Crippen molar-refractivity contribution in [2.24, 2.45) is 0 Å². The van der Waals surface area contributed by atoms with Gasteiger partial charge in [-0.2, -0.15) is 4.39 Å². The molecule has 0 amide bonds. The second kappa shape index (κ2) is 3.35. The van der Waals surface area contributed by atoms with Crippen molar-refractivity contribution in [1.82, 2.24) is 15.2 Å². The molecule has 0 fully saturated rings. The van der Waals surface area contributed by atoms with E-state index < -0.39 is 5.26 Å². The van der Waals surface area contributed by atoms with Crippen LogP contribution >= 0.6 is 22.9 Å². The van der Waals surface area contributed by atoms with Gasteiger partial charge in [0, 0.05) is 11.8 Å². The molecule has 6 heteroatoms. The highest BCUT2D eigenvalue weighted by Gasteiger charge is 2.05. The molecular weight excluding hydrogens is 213 g/mol. The highest BCUT2D eigenvalue weighted by molar-refractivity contribution is 7.13. The van der Waals surface area contributed by atoms with Gasteiger partial charge in [-0.1, -0.05) is 22.9 Å². The lowest BCUT2D eigenvalue weighted by atomic mass is 10.3. The summed E-state index contributed by atoms with van der Waals surface area (Å²) in [6.45, 7) is 0. The normalized spacial score (nSPS) is 10.3. The lowest BCUT2D eigenvalue weighted by molar-refractivity contribution is 0.601. The molecule has 66 valence electrons. The van der Waals surface area contributed by atoms with Crippen molar-refractivity contribution in [2.75, 3.05) is 0 Å². The molecule has 0 N–H and O–H groups in total. The summed E-state index contributed by atoms with van der Waals surface area (Å²) in [5, 5.41) is 7.23. The molecule has 0 saturated heterocycles. The van der Waals surface area contributed by atoms with Crippen molar-refractivity contribution >= 4 is 22.9 Å². The van der Waals surface area contributed by atoms with Gasteiger partial charge in [-0.3, -0.25) is 0 Å². The van der Waals surface area contributed by atoms with Gasteiger partial charge in [0.15, 0.2) is 5.01 Å². The summed E-state index contributed by atoms with van der Waals surface area (Å²) in [5.74, 6) is 0. The summed E-state index contributed by atoms with van der Waals surface area (Å²) in [4.78, 5) is 3.85. The van der Waals surface area contributed by atoms with Crippen molar-refractivity contribution in [3.63, 3.8) is 0 Å². The Morgan fingerprint density at radius 1 is 1.31 bits per heavy atom. The van der Waals surface area contributed by atoms with Crippen LogP contribution in [0.4, 0.5) is 4.39 Å². The lowest BCUT2D eigenvalue weighted by Crippen LogP contribution is -1.79. The molecule has 13 heavy (non-hydrogen) atoms. The molecule has 2 aromatic rings. The maximum atomic E-state index is 12.5. The number of hydrogen-bond acceptors (Lipinski definition) is 4. The summed E-state index contributed by atoms with van der Waals surface area (Å²) in [7, 11) is 0. The standard InChI is InChI=1S/C7H3ClFN3S/c8-5-2-1-4(3-10-5)6-11-12-7(9)13-6/h1-3H. The zero-order chi connectivity index (χ0) is 9.26. The first-order chi connectivity index (χ1) is 6.25. The zero-order valence-electron chi connectivity index (χ0n) is 6.24. The Labute approximate surface area is 82.2 Å². The molecule has 0 bridgehead atoms. The average molecular weight is 216 g/mol. The minimum Gasteiger partial charge on any atom is -0.244 e. The van der Waals surface area contributed by atoms with Crippen LogP contribution in [0, 0.1) is 5.26 Å². The Morgan fingerprint density at radius 3 is 2.69 bits per heavy atom. The third-order valence-electron chi connectivity index (χ3n) is 1.37. The van der Waals surface area contributed by atoms with Crippen molar-refractivity contribution < 1.29 is 4.39 Å². The van der Waals surface area contributed by atoms with E-state index in [2.05, 4.69) is 15.2 Å². The van der Waals surface area contributed by atoms with Gasteiger partial charge in [0.1, 0.15) is 5.15 Å². The second-order valence-electron chi connectivity index (χ2n) is 2.23. The van der Waals surface area contributed by atoms with E-state index in [0.717, 1.165) is 11.3 Å². The summed E-state index contributed by atoms with van der Waals surface area (Å²) in [6.07, 6.45) is 1.53. The van der Waals surface area contributed by atoms with Crippen molar-refractivity contribution in [1.29, 1.82) is 0 Å². The quantitative estimate of drug-likeness (QED) is 0.686. The second-order valence-corrected chi connectivity index (χ2v) is 3.54. The summed E-state index contributed by atoms with van der Waals surface area (Å²) < 4.78 is 12.5. The summed E-state index contributed by atoms with van der Waals surface area (Å²) in [6, 6.07) is 3.34. The predicted molar refractivity (Wildman–Crippen MR) is 48.1 cm³/mol. The van der Waals surface area contributed by atoms with Crippen LogP contribution in [-0.2, 0) is 0 Å². The maximum Gasteiger partial charge on any atom is 0.289 e. The fraction of sp³-hybridized carbons (Fsp3) is 0. The smallest absolute Gasteiger partial charge is 0.244 e. The molecule has 3 nitrogen and oxygen atoms in total. The third-order valence-corrected chi connectivity index (χ3v) is 2.36. The summed E-state index contributed by atoms with van der Waals surface area (Å²) >= 11 is 6.46. The molecule has 0 unspecified atom stereocenters. The van der Waals surface area contributed by atoms with Crippen molar-refractivity contribution in [2.45, 2.75) is 0 Å². The van der Waals surface area contributed by atoms with E-state index in [1.807, 2.05) is 0 Å². The predicted octanol–water partition coefficient (Wildman–Crippen LogP) is 2.39. The Morgan fingerprint density at radius 2 is 2.15 bits per heavy atom. The van der Waals surface area contributed by atoms with Crippen LogP contribution in [0.3, 0.4) is 0 Å². The van der Waals surface area contributed by atoms with Crippen LogP contribution in [0.25, 0.3) is 10.6 Å². The first-order valence-corrected chi connectivity index (χ1v) is 4.56. The highest BCUT2D eigenvalue weighted by Crippen LogP contribution is 2.22. The zero-order valence-corrected chi connectivity index (χ0v) is 7.81. The summed E-state index contributed by atoms with van der Waals surface area (Å²) in [5.41, 5.74) is 0.714.